The van der Waals surface area contributed by atoms with E-state index in [4.69, 9.17) is 15.4 Å². The van der Waals surface area contributed by atoms with E-state index in [9.17, 15) is 19.2 Å². The van der Waals surface area contributed by atoms with Gasteiger partial charge in [-0.2, -0.15) is 5.90 Å². The normalized spacial score (nSPS) is 10.0. The van der Waals surface area contributed by atoms with Crippen molar-refractivity contribution in [2.75, 3.05) is 24.0 Å². The van der Waals surface area contributed by atoms with Gasteiger partial charge in [0, 0.05) is 30.3 Å². The fourth-order valence-corrected chi connectivity index (χ4v) is 3.08. The number of ether oxygens (including phenoxy) is 3. The Kier molecular flexibility index (Phi) is 12.0. The maximum Gasteiger partial charge on any atom is 0.430 e. The minimum Gasteiger partial charge on any atom is -0.449 e. The highest BCUT2D eigenvalue weighted by molar-refractivity contribution is 5.87. The van der Waals surface area contributed by atoms with Gasteiger partial charge in [0.15, 0.2) is 0 Å². The van der Waals surface area contributed by atoms with Crippen molar-refractivity contribution in [2.24, 2.45) is 5.90 Å². The van der Waals surface area contributed by atoms with Gasteiger partial charge in [-0.05, 0) is 42.5 Å². The van der Waals surface area contributed by atoms with Crippen LogP contribution in [0.2, 0.25) is 0 Å². The molecule has 0 aliphatic rings. The summed E-state index contributed by atoms with van der Waals surface area (Å²) in [7, 11) is 0. The Hall–Kier alpha value is -4.38. The summed E-state index contributed by atoms with van der Waals surface area (Å²) in [5, 5.41) is 5.29. The highest BCUT2D eigenvalue weighted by atomic mass is 16.7. The Morgan fingerprint density at radius 1 is 0.806 bits per heavy atom. The molecule has 0 aromatic heterocycles. The number of hydrogen-bond acceptors (Lipinski definition) is 9. The lowest BCUT2D eigenvalue weighted by molar-refractivity contribution is -0.164. The number of anilines is 2. The van der Waals surface area contributed by atoms with Gasteiger partial charge < -0.3 is 19.0 Å². The first-order valence-electron chi connectivity index (χ1n) is 11.1. The van der Waals surface area contributed by atoms with E-state index < -0.39 is 30.9 Å². The SMILES string of the molecule is C=CC(=O)OCOC(=O)CCCCCOC(=O)Nc1ccccc1Cc1ccccc1NC(=O)ON. The fourth-order valence-electron chi connectivity index (χ4n) is 3.08. The Labute approximate surface area is 208 Å². The number of esters is 2. The first-order valence-corrected chi connectivity index (χ1v) is 11.1. The fraction of sp³-hybridized carbons (Fsp3) is 0.280. The molecule has 0 radical (unpaired) electrons. The van der Waals surface area contributed by atoms with E-state index in [1.807, 2.05) is 24.3 Å². The zero-order valence-corrected chi connectivity index (χ0v) is 19.7. The molecule has 0 atom stereocenters. The third-order valence-electron chi connectivity index (χ3n) is 4.84. The Balaban J connectivity index is 1.75. The number of nitrogens with one attached hydrogen (secondary N) is 2. The summed E-state index contributed by atoms with van der Waals surface area (Å²) in [4.78, 5) is 50.3. The summed E-state index contributed by atoms with van der Waals surface area (Å²) in [5.74, 6) is 3.74. The van der Waals surface area contributed by atoms with Crippen molar-refractivity contribution in [3.8, 4) is 0 Å². The molecule has 2 amide bonds. The standard InChI is InChI=1S/C25H29N3O8/c1-2-22(29)34-17-35-23(30)14-4-3-9-15-33-24(31)27-20-12-7-5-10-18(20)16-19-11-6-8-13-21(19)28-25(32)36-26/h2,5-8,10-13H,1,3-4,9,14-17,26H2,(H,27,31)(H,28,32). The van der Waals surface area contributed by atoms with Gasteiger partial charge in [0.2, 0.25) is 6.79 Å². The average Bonchev–Trinajstić information content (AvgIpc) is 2.88. The molecule has 0 saturated heterocycles. The molecule has 0 unspecified atom stereocenters. The zero-order chi connectivity index (χ0) is 26.2. The number of benzene rings is 2. The molecule has 192 valence electrons. The molecule has 11 heteroatoms. The summed E-state index contributed by atoms with van der Waals surface area (Å²) in [6, 6.07) is 14.4. The highest BCUT2D eigenvalue weighted by Gasteiger charge is 2.12. The molecule has 0 fully saturated rings. The zero-order valence-electron chi connectivity index (χ0n) is 19.7. The van der Waals surface area contributed by atoms with Crippen LogP contribution in [0.3, 0.4) is 0 Å². The molecule has 2 rings (SSSR count). The molecule has 2 aromatic rings. The van der Waals surface area contributed by atoms with Crippen LogP contribution in [-0.4, -0.2) is 37.5 Å². The molecule has 0 aliphatic carbocycles. The molecule has 2 aromatic carbocycles. The highest BCUT2D eigenvalue weighted by Crippen LogP contribution is 2.24. The van der Waals surface area contributed by atoms with Gasteiger partial charge >= 0.3 is 24.1 Å². The van der Waals surface area contributed by atoms with Crippen LogP contribution >= 0.6 is 0 Å². The van der Waals surface area contributed by atoms with Crippen molar-refractivity contribution in [1.29, 1.82) is 0 Å². The number of amides is 2. The predicted molar refractivity (Wildman–Crippen MR) is 131 cm³/mol. The lowest BCUT2D eigenvalue weighted by atomic mass is 10.0. The minimum atomic E-state index is -0.789. The first-order chi connectivity index (χ1) is 17.4. The minimum absolute atomic E-state index is 0.157. The Morgan fingerprint density at radius 3 is 2.03 bits per heavy atom. The molecule has 4 N–H and O–H groups in total. The van der Waals surface area contributed by atoms with Crippen molar-refractivity contribution >= 4 is 35.5 Å². The number of unbranched alkanes of at least 4 members (excludes halogenated alkanes) is 2. The number of carbonyl (C=O) groups excluding carboxylic acids is 4. The molecule has 0 saturated carbocycles. The Bertz CT molecular complexity index is 1060. The van der Waals surface area contributed by atoms with E-state index >= 15 is 0 Å². The maximum atomic E-state index is 12.3. The van der Waals surface area contributed by atoms with Crippen molar-refractivity contribution in [3.63, 3.8) is 0 Å². The molecule has 0 spiro atoms. The van der Waals surface area contributed by atoms with Crippen LogP contribution in [-0.2, 0) is 35.1 Å². The van der Waals surface area contributed by atoms with E-state index in [2.05, 4.69) is 26.8 Å². The smallest absolute Gasteiger partial charge is 0.430 e. The number of para-hydroxylation sites is 2. The molecule has 0 aliphatic heterocycles. The molecule has 36 heavy (non-hydrogen) atoms. The van der Waals surface area contributed by atoms with Gasteiger partial charge in [-0.3, -0.25) is 15.4 Å². The van der Waals surface area contributed by atoms with Crippen LogP contribution in [0.4, 0.5) is 21.0 Å². The van der Waals surface area contributed by atoms with Crippen LogP contribution < -0.4 is 16.5 Å². The van der Waals surface area contributed by atoms with Gasteiger partial charge in [-0.25, -0.2) is 14.4 Å². The monoisotopic (exact) mass is 499 g/mol. The van der Waals surface area contributed by atoms with E-state index in [0.717, 1.165) is 17.2 Å². The van der Waals surface area contributed by atoms with Gasteiger partial charge in [0.25, 0.3) is 0 Å². The third-order valence-corrected chi connectivity index (χ3v) is 4.84. The summed E-state index contributed by atoms with van der Waals surface area (Å²) in [6.07, 6.45) is 1.89. The number of rotatable bonds is 13. The van der Waals surface area contributed by atoms with E-state index in [-0.39, 0.29) is 13.0 Å². The lowest BCUT2D eigenvalue weighted by Crippen LogP contribution is -2.18. The Morgan fingerprint density at radius 2 is 1.42 bits per heavy atom. The molecule has 0 heterocycles. The second kappa shape index (κ2) is 15.5. The number of hydrogen-bond donors (Lipinski definition) is 3. The maximum absolute atomic E-state index is 12.3. The van der Waals surface area contributed by atoms with Crippen molar-refractivity contribution in [1.82, 2.24) is 0 Å². The molecular weight excluding hydrogens is 470 g/mol. The van der Waals surface area contributed by atoms with Crippen molar-refractivity contribution < 1.29 is 38.2 Å². The quantitative estimate of drug-likeness (QED) is 0.122. The third kappa shape index (κ3) is 10.3. The van der Waals surface area contributed by atoms with Gasteiger partial charge in [-0.15, -0.1) is 0 Å². The molecular formula is C25H29N3O8. The van der Waals surface area contributed by atoms with Gasteiger partial charge in [0.1, 0.15) is 0 Å². The molecule has 0 bridgehead atoms. The predicted octanol–water partition coefficient (Wildman–Crippen LogP) is 4.04. The van der Waals surface area contributed by atoms with E-state index in [1.165, 1.54) is 0 Å². The second-order valence-electron chi connectivity index (χ2n) is 7.39. The summed E-state index contributed by atoms with van der Waals surface area (Å²) in [5.41, 5.74) is 2.70. The lowest BCUT2D eigenvalue weighted by Gasteiger charge is -2.14. The number of carbonyl (C=O) groups is 4. The molecule has 11 nitrogen and oxygen atoms in total. The van der Waals surface area contributed by atoms with Crippen LogP contribution in [0, 0.1) is 0 Å². The van der Waals surface area contributed by atoms with Crippen molar-refractivity contribution in [3.05, 3.63) is 72.3 Å². The van der Waals surface area contributed by atoms with E-state index in [0.29, 0.717) is 37.1 Å². The van der Waals surface area contributed by atoms with Crippen LogP contribution in [0.15, 0.2) is 61.2 Å². The van der Waals surface area contributed by atoms with Crippen molar-refractivity contribution in [2.45, 2.75) is 32.1 Å². The topological polar surface area (TPSA) is 155 Å². The van der Waals surface area contributed by atoms with Crippen LogP contribution in [0.5, 0.6) is 0 Å². The second-order valence-corrected chi connectivity index (χ2v) is 7.39. The van der Waals surface area contributed by atoms with Crippen LogP contribution in [0.25, 0.3) is 0 Å². The largest absolute Gasteiger partial charge is 0.449 e. The summed E-state index contributed by atoms with van der Waals surface area (Å²) < 4.78 is 14.5. The van der Waals surface area contributed by atoms with Crippen LogP contribution in [0.1, 0.15) is 36.8 Å². The summed E-state index contributed by atoms with van der Waals surface area (Å²) >= 11 is 0. The van der Waals surface area contributed by atoms with Gasteiger partial charge in [-0.1, -0.05) is 43.0 Å². The summed E-state index contributed by atoms with van der Waals surface area (Å²) in [6.45, 7) is 2.96. The number of nitrogens with two attached hydrogens (primary N) is 1. The first kappa shape index (κ1) is 27.9. The average molecular weight is 500 g/mol. The van der Waals surface area contributed by atoms with E-state index in [1.54, 1.807) is 24.3 Å². The van der Waals surface area contributed by atoms with Gasteiger partial charge in [0.05, 0.1) is 6.61 Å².